The Bertz CT molecular complexity index is 832. The highest BCUT2D eigenvalue weighted by Gasteiger charge is 2.33. The molecule has 0 heterocycles. The largest absolute Gasteiger partial charge is 0.478 e. The number of aromatic carboxylic acids is 1. The highest BCUT2D eigenvalue weighted by Crippen LogP contribution is 2.37. The zero-order valence-corrected chi connectivity index (χ0v) is 16.0. The lowest BCUT2D eigenvalue weighted by Crippen LogP contribution is -2.20. The lowest BCUT2D eigenvalue weighted by Gasteiger charge is -2.21. The molecule has 0 amide bonds. The van der Waals surface area contributed by atoms with Gasteiger partial charge in [0.25, 0.3) is 5.92 Å². The summed E-state index contributed by atoms with van der Waals surface area (Å²) in [6, 6.07) is 8.91. The second-order valence-electron chi connectivity index (χ2n) is 5.51. The van der Waals surface area contributed by atoms with Crippen LogP contribution in [-0.4, -0.2) is 17.0 Å². The molecule has 132 valence electrons. The monoisotopic (exact) mass is 448 g/mol. The third-order valence-corrected chi connectivity index (χ3v) is 4.95. The second kappa shape index (κ2) is 7.85. The standard InChI is InChI=1S/C18H13BrCl2F2O2/c1-18(22,23)13(11-4-7-15(20)16(21)9-11)6-3-10-2-5-12(17(24)25)14(19)8-10/h2-9,13H,1H3,(H,24,25). The van der Waals surface area contributed by atoms with E-state index in [1.807, 2.05) is 0 Å². The highest BCUT2D eigenvalue weighted by molar-refractivity contribution is 9.10. The Morgan fingerprint density at radius 3 is 2.40 bits per heavy atom. The minimum absolute atomic E-state index is 0.0963. The van der Waals surface area contributed by atoms with Crippen LogP contribution in [0.2, 0.25) is 10.0 Å². The quantitative estimate of drug-likeness (QED) is 0.538. The first-order valence-electron chi connectivity index (χ1n) is 7.13. The fourth-order valence-corrected chi connectivity index (χ4v) is 3.17. The molecule has 0 aliphatic carbocycles. The van der Waals surface area contributed by atoms with Crippen molar-refractivity contribution in [1.82, 2.24) is 0 Å². The Morgan fingerprint density at radius 2 is 1.88 bits per heavy atom. The van der Waals surface area contributed by atoms with Gasteiger partial charge in [-0.05, 0) is 51.3 Å². The number of rotatable bonds is 5. The predicted octanol–water partition coefficient (Wildman–Crippen LogP) is 6.91. The van der Waals surface area contributed by atoms with Gasteiger partial charge in [0.15, 0.2) is 0 Å². The molecular formula is C18H13BrCl2F2O2. The van der Waals surface area contributed by atoms with E-state index >= 15 is 0 Å². The SMILES string of the molecule is CC(F)(F)C(C=Cc1ccc(C(=O)O)c(Br)c1)c1ccc(Cl)c(Cl)c1. The first kappa shape index (κ1) is 19.9. The molecule has 0 spiro atoms. The predicted molar refractivity (Wildman–Crippen MR) is 100.0 cm³/mol. The molecule has 2 nitrogen and oxygen atoms in total. The van der Waals surface area contributed by atoms with Crippen LogP contribution in [0.25, 0.3) is 6.08 Å². The van der Waals surface area contributed by atoms with E-state index in [1.165, 1.54) is 36.4 Å². The van der Waals surface area contributed by atoms with Crippen LogP contribution >= 0.6 is 39.1 Å². The van der Waals surface area contributed by atoms with E-state index in [0.29, 0.717) is 20.6 Å². The van der Waals surface area contributed by atoms with Gasteiger partial charge in [-0.1, -0.05) is 47.5 Å². The number of benzene rings is 2. The summed E-state index contributed by atoms with van der Waals surface area (Å²) in [5.74, 6) is -5.30. The fourth-order valence-electron chi connectivity index (χ4n) is 2.29. The molecule has 1 atom stereocenters. The Labute approximate surface area is 162 Å². The highest BCUT2D eigenvalue weighted by atomic mass is 79.9. The van der Waals surface area contributed by atoms with E-state index in [4.69, 9.17) is 28.3 Å². The molecule has 0 radical (unpaired) electrons. The van der Waals surface area contributed by atoms with Crippen LogP contribution in [-0.2, 0) is 0 Å². The summed E-state index contributed by atoms with van der Waals surface area (Å²) in [5.41, 5.74) is 1.02. The van der Waals surface area contributed by atoms with Crippen molar-refractivity contribution in [3.8, 4) is 0 Å². The van der Waals surface area contributed by atoms with Gasteiger partial charge < -0.3 is 5.11 Å². The van der Waals surface area contributed by atoms with E-state index in [2.05, 4.69) is 15.9 Å². The van der Waals surface area contributed by atoms with Gasteiger partial charge in [0.1, 0.15) is 0 Å². The molecule has 0 aromatic heterocycles. The molecular weight excluding hydrogens is 437 g/mol. The van der Waals surface area contributed by atoms with Crippen molar-refractivity contribution in [2.24, 2.45) is 0 Å². The normalized spacial score (nSPS) is 13.2. The third-order valence-electron chi connectivity index (χ3n) is 3.55. The van der Waals surface area contributed by atoms with Crippen molar-refractivity contribution in [2.75, 3.05) is 0 Å². The van der Waals surface area contributed by atoms with Crippen LogP contribution in [0.15, 0.2) is 46.9 Å². The van der Waals surface area contributed by atoms with Crippen molar-refractivity contribution in [3.05, 3.63) is 73.7 Å². The molecule has 0 saturated carbocycles. The van der Waals surface area contributed by atoms with Crippen LogP contribution in [0.3, 0.4) is 0 Å². The Kier molecular flexibility index (Phi) is 6.25. The van der Waals surface area contributed by atoms with Crippen LogP contribution in [0, 0.1) is 0 Å². The summed E-state index contributed by atoms with van der Waals surface area (Å²) in [7, 11) is 0. The lowest BCUT2D eigenvalue weighted by molar-refractivity contribution is 0.00698. The van der Waals surface area contributed by atoms with E-state index in [0.717, 1.165) is 6.92 Å². The molecule has 0 aliphatic heterocycles. The van der Waals surface area contributed by atoms with E-state index < -0.39 is 17.8 Å². The minimum Gasteiger partial charge on any atom is -0.478 e. The molecule has 0 aliphatic rings. The third kappa shape index (κ3) is 5.03. The average molecular weight is 450 g/mol. The number of hydrogen-bond donors (Lipinski definition) is 1. The zero-order valence-electron chi connectivity index (χ0n) is 12.9. The van der Waals surface area contributed by atoms with Gasteiger partial charge >= 0.3 is 5.97 Å². The molecule has 2 rings (SSSR count). The van der Waals surface area contributed by atoms with Crippen molar-refractivity contribution in [1.29, 1.82) is 0 Å². The second-order valence-corrected chi connectivity index (χ2v) is 7.18. The summed E-state index contributed by atoms with van der Waals surface area (Å²) < 4.78 is 28.5. The maximum Gasteiger partial charge on any atom is 0.336 e. The molecule has 0 bridgehead atoms. The number of allylic oxidation sites excluding steroid dienone is 1. The van der Waals surface area contributed by atoms with Crippen LogP contribution < -0.4 is 0 Å². The van der Waals surface area contributed by atoms with E-state index in [-0.39, 0.29) is 10.6 Å². The number of carbonyl (C=O) groups is 1. The summed E-state index contributed by atoms with van der Waals surface area (Å²) in [6.45, 7) is 0.827. The van der Waals surface area contributed by atoms with Gasteiger partial charge in [0.2, 0.25) is 0 Å². The number of alkyl halides is 2. The van der Waals surface area contributed by atoms with Gasteiger partial charge in [-0.25, -0.2) is 13.6 Å². The van der Waals surface area contributed by atoms with E-state index in [9.17, 15) is 13.6 Å². The first-order valence-corrected chi connectivity index (χ1v) is 8.68. The van der Waals surface area contributed by atoms with Crippen molar-refractivity contribution in [3.63, 3.8) is 0 Å². The van der Waals surface area contributed by atoms with E-state index in [1.54, 1.807) is 12.1 Å². The molecule has 2 aromatic rings. The zero-order chi connectivity index (χ0) is 18.8. The average Bonchev–Trinajstić information content (AvgIpc) is 2.49. The van der Waals surface area contributed by atoms with Crippen LogP contribution in [0.5, 0.6) is 0 Å². The molecule has 25 heavy (non-hydrogen) atoms. The summed E-state index contributed by atoms with van der Waals surface area (Å²) in [4.78, 5) is 11.0. The van der Waals surface area contributed by atoms with Gasteiger partial charge in [-0.2, -0.15) is 0 Å². The number of carboxylic acids is 1. The minimum atomic E-state index is -3.02. The van der Waals surface area contributed by atoms with Gasteiger partial charge in [0.05, 0.1) is 21.5 Å². The summed E-state index contributed by atoms with van der Waals surface area (Å²) in [5, 5.41) is 9.50. The molecule has 7 heteroatoms. The van der Waals surface area contributed by atoms with Gasteiger partial charge in [0, 0.05) is 11.4 Å². The Morgan fingerprint density at radius 1 is 1.20 bits per heavy atom. The van der Waals surface area contributed by atoms with Gasteiger partial charge in [-0.3, -0.25) is 0 Å². The molecule has 1 unspecified atom stereocenters. The topological polar surface area (TPSA) is 37.3 Å². The Balaban J connectivity index is 2.37. The van der Waals surface area contributed by atoms with Gasteiger partial charge in [-0.15, -0.1) is 0 Å². The number of halogens is 5. The van der Waals surface area contributed by atoms with Crippen molar-refractivity contribution < 1.29 is 18.7 Å². The summed E-state index contributed by atoms with van der Waals surface area (Å²) >= 11 is 14.9. The molecule has 0 fully saturated rings. The van der Waals surface area contributed by atoms with Crippen LogP contribution in [0.1, 0.15) is 34.3 Å². The maximum atomic E-state index is 14.0. The smallest absolute Gasteiger partial charge is 0.336 e. The number of hydrogen-bond acceptors (Lipinski definition) is 1. The Hall–Kier alpha value is -1.43. The first-order chi connectivity index (χ1) is 11.6. The lowest BCUT2D eigenvalue weighted by atomic mass is 9.92. The molecule has 1 N–H and O–H groups in total. The van der Waals surface area contributed by atoms with Crippen molar-refractivity contribution >= 4 is 51.2 Å². The van der Waals surface area contributed by atoms with Crippen molar-refractivity contribution in [2.45, 2.75) is 18.8 Å². The maximum absolute atomic E-state index is 14.0. The van der Waals surface area contributed by atoms with Crippen LogP contribution in [0.4, 0.5) is 8.78 Å². The number of carboxylic acid groups (broad SMARTS) is 1. The molecule has 2 aromatic carbocycles. The summed E-state index contributed by atoms with van der Waals surface area (Å²) in [6.07, 6.45) is 2.88. The molecule has 0 saturated heterocycles. The fraction of sp³-hybridized carbons (Fsp3) is 0.167.